The van der Waals surface area contributed by atoms with Gasteiger partial charge in [-0.2, -0.15) is 25.8 Å². The van der Waals surface area contributed by atoms with Gasteiger partial charge in [-0.05, 0) is 0 Å². The molecule has 54 valence electrons. The average molecular weight is 159 g/mol. The van der Waals surface area contributed by atoms with Gasteiger partial charge in [0, 0.05) is 0 Å². The highest BCUT2D eigenvalue weighted by Crippen LogP contribution is 2.23. The van der Waals surface area contributed by atoms with Crippen LogP contribution in [0, 0.1) is 0 Å². The topological polar surface area (TPSA) is 43.1 Å². The molecule has 6 heteroatoms. The largest absolute Gasteiger partial charge is 0.409 e. The molecule has 0 aliphatic carbocycles. The maximum absolute atomic E-state index is 11.3. The Kier molecular flexibility index (Phi) is 2.36. The molecule has 0 heterocycles. The summed E-state index contributed by atoms with van der Waals surface area (Å²) in [6.07, 6.45) is -4.63. The zero-order valence-corrected chi connectivity index (χ0v) is 5.04. The number of nitrogens with two attached hydrogens (primary N) is 1. The van der Waals surface area contributed by atoms with Crippen molar-refractivity contribution in [2.75, 3.05) is 0 Å². The number of carbonyl (C=O) groups excluding carboxylic acids is 1. The number of rotatable bonds is 1. The van der Waals surface area contributed by atoms with E-state index in [0.717, 1.165) is 0 Å². The number of alkyl halides is 3. The van der Waals surface area contributed by atoms with Gasteiger partial charge in [0.1, 0.15) is 0 Å². The van der Waals surface area contributed by atoms with Crippen LogP contribution in [0.4, 0.5) is 13.2 Å². The van der Waals surface area contributed by atoms with E-state index in [0.29, 0.717) is 0 Å². The molecule has 0 saturated heterocycles. The fourth-order valence-electron chi connectivity index (χ4n) is 0.161. The summed E-state index contributed by atoms with van der Waals surface area (Å²) in [4.78, 5) is 9.77. The molecule has 0 saturated carbocycles. The van der Waals surface area contributed by atoms with Crippen LogP contribution >= 0.6 is 12.6 Å². The van der Waals surface area contributed by atoms with Crippen LogP contribution in [-0.4, -0.2) is 17.3 Å². The van der Waals surface area contributed by atoms with E-state index in [4.69, 9.17) is 0 Å². The second kappa shape index (κ2) is 2.47. The summed E-state index contributed by atoms with van der Waals surface area (Å²) < 4.78 is 34.0. The van der Waals surface area contributed by atoms with Crippen LogP contribution in [0.2, 0.25) is 0 Å². The van der Waals surface area contributed by atoms with E-state index in [1.807, 2.05) is 0 Å². The molecular weight excluding hydrogens is 155 g/mol. The van der Waals surface area contributed by atoms with Crippen molar-refractivity contribution >= 4 is 18.5 Å². The Hall–Kier alpha value is -0.390. The van der Waals surface area contributed by atoms with Crippen molar-refractivity contribution in [3.63, 3.8) is 0 Å². The zero-order chi connectivity index (χ0) is 7.65. The molecule has 1 atom stereocenters. The van der Waals surface area contributed by atoms with E-state index in [9.17, 15) is 18.0 Å². The number of primary amides is 1. The highest BCUT2D eigenvalue weighted by atomic mass is 32.1. The maximum Gasteiger partial charge on any atom is 0.409 e. The fourth-order valence-corrected chi connectivity index (χ4v) is 0.161. The lowest BCUT2D eigenvalue weighted by molar-refractivity contribution is -0.147. The molecular formula is C3H4F3NOS. The highest BCUT2D eigenvalue weighted by Gasteiger charge is 2.40. The number of hydrogen-bond acceptors (Lipinski definition) is 2. The number of carbonyl (C=O) groups is 1. The molecule has 0 bridgehead atoms. The average Bonchev–Trinajstić information content (AvgIpc) is 1.62. The van der Waals surface area contributed by atoms with Crippen molar-refractivity contribution in [2.24, 2.45) is 5.73 Å². The van der Waals surface area contributed by atoms with Gasteiger partial charge in [-0.15, -0.1) is 0 Å². The molecule has 0 aliphatic rings. The van der Waals surface area contributed by atoms with Crippen LogP contribution in [0.3, 0.4) is 0 Å². The van der Waals surface area contributed by atoms with Gasteiger partial charge in [-0.25, -0.2) is 0 Å². The summed E-state index contributed by atoms with van der Waals surface area (Å²) >= 11 is 2.91. The van der Waals surface area contributed by atoms with Gasteiger partial charge in [0.25, 0.3) is 0 Å². The smallest absolute Gasteiger partial charge is 0.368 e. The SMILES string of the molecule is NC(=O)C(S)C(F)(F)F. The Balaban J connectivity index is 4.04. The molecule has 0 aromatic heterocycles. The normalized spacial score (nSPS) is 15.1. The van der Waals surface area contributed by atoms with Gasteiger partial charge >= 0.3 is 6.18 Å². The maximum atomic E-state index is 11.3. The van der Waals surface area contributed by atoms with Crippen LogP contribution in [0.25, 0.3) is 0 Å². The van der Waals surface area contributed by atoms with E-state index < -0.39 is 17.3 Å². The third kappa shape index (κ3) is 2.59. The first-order valence-corrected chi connectivity index (χ1v) is 2.41. The molecule has 0 aliphatic heterocycles. The molecule has 0 rings (SSSR count). The van der Waals surface area contributed by atoms with Gasteiger partial charge < -0.3 is 5.73 Å². The lowest BCUT2D eigenvalue weighted by Crippen LogP contribution is -2.36. The monoisotopic (exact) mass is 159 g/mol. The predicted octanol–water partition coefficient (Wildman–Crippen LogP) is 0.332. The lowest BCUT2D eigenvalue weighted by Gasteiger charge is -2.09. The summed E-state index contributed by atoms with van der Waals surface area (Å²) in [5.41, 5.74) is 4.29. The molecule has 1 amide bonds. The second-order valence-electron chi connectivity index (χ2n) is 1.35. The number of hydrogen-bond donors (Lipinski definition) is 2. The Morgan fingerprint density at radius 1 is 1.56 bits per heavy atom. The van der Waals surface area contributed by atoms with E-state index >= 15 is 0 Å². The van der Waals surface area contributed by atoms with Gasteiger partial charge in [0.2, 0.25) is 5.91 Å². The van der Waals surface area contributed by atoms with Crippen molar-refractivity contribution in [1.82, 2.24) is 0 Å². The second-order valence-corrected chi connectivity index (χ2v) is 1.86. The first-order valence-electron chi connectivity index (χ1n) is 1.90. The van der Waals surface area contributed by atoms with Crippen molar-refractivity contribution in [3.8, 4) is 0 Å². The summed E-state index contributed by atoms with van der Waals surface area (Å²) in [5, 5.41) is -2.35. The minimum atomic E-state index is -4.63. The van der Waals surface area contributed by atoms with E-state index in [1.54, 1.807) is 0 Å². The van der Waals surface area contributed by atoms with E-state index in [1.165, 1.54) is 0 Å². The van der Waals surface area contributed by atoms with Gasteiger partial charge in [-0.1, -0.05) is 0 Å². The third-order valence-electron chi connectivity index (χ3n) is 0.580. The summed E-state index contributed by atoms with van der Waals surface area (Å²) in [6, 6.07) is 0. The molecule has 2 nitrogen and oxygen atoms in total. The van der Waals surface area contributed by atoms with E-state index in [-0.39, 0.29) is 0 Å². The first kappa shape index (κ1) is 8.61. The van der Waals surface area contributed by atoms with Crippen LogP contribution in [0.15, 0.2) is 0 Å². The first-order chi connectivity index (χ1) is 3.85. The third-order valence-corrected chi connectivity index (χ3v) is 1.13. The number of amides is 1. The Bertz CT molecular complexity index is 123. The van der Waals surface area contributed by atoms with Crippen LogP contribution in [-0.2, 0) is 4.79 Å². The Labute approximate surface area is 54.6 Å². The molecule has 0 aromatic carbocycles. The van der Waals surface area contributed by atoms with Crippen molar-refractivity contribution < 1.29 is 18.0 Å². The molecule has 2 N–H and O–H groups in total. The van der Waals surface area contributed by atoms with Crippen LogP contribution < -0.4 is 5.73 Å². The molecule has 0 spiro atoms. The Morgan fingerprint density at radius 3 is 1.89 bits per heavy atom. The molecule has 0 radical (unpaired) electrons. The van der Waals surface area contributed by atoms with Gasteiger partial charge in [-0.3, -0.25) is 4.79 Å². The van der Waals surface area contributed by atoms with Gasteiger partial charge in [0.05, 0.1) is 0 Å². The van der Waals surface area contributed by atoms with Crippen molar-refractivity contribution in [2.45, 2.75) is 11.4 Å². The molecule has 0 fully saturated rings. The fraction of sp³-hybridized carbons (Fsp3) is 0.667. The summed E-state index contributed by atoms with van der Waals surface area (Å²) in [7, 11) is 0. The minimum Gasteiger partial charge on any atom is -0.368 e. The molecule has 1 unspecified atom stereocenters. The highest BCUT2D eigenvalue weighted by molar-refractivity contribution is 7.81. The van der Waals surface area contributed by atoms with E-state index in [2.05, 4.69) is 18.4 Å². The van der Waals surface area contributed by atoms with Crippen molar-refractivity contribution in [3.05, 3.63) is 0 Å². The predicted molar refractivity (Wildman–Crippen MR) is 28.0 cm³/mol. The summed E-state index contributed by atoms with van der Waals surface area (Å²) in [5.74, 6) is -1.48. The lowest BCUT2D eigenvalue weighted by atomic mass is 10.4. The van der Waals surface area contributed by atoms with Gasteiger partial charge in [0.15, 0.2) is 5.25 Å². The minimum absolute atomic E-state index is 1.48. The number of halogens is 3. The van der Waals surface area contributed by atoms with Crippen LogP contribution in [0.5, 0.6) is 0 Å². The van der Waals surface area contributed by atoms with Crippen molar-refractivity contribution in [1.29, 1.82) is 0 Å². The standard InChI is InChI=1S/C3H4F3NOS/c4-3(5,6)1(9)2(7)8/h1,9H,(H2,7,8). The Morgan fingerprint density at radius 2 is 1.89 bits per heavy atom. The molecule has 0 aromatic rings. The molecule has 9 heavy (non-hydrogen) atoms. The number of thiol groups is 1. The zero-order valence-electron chi connectivity index (χ0n) is 4.14. The van der Waals surface area contributed by atoms with Crippen LogP contribution in [0.1, 0.15) is 0 Å². The summed E-state index contributed by atoms with van der Waals surface area (Å²) in [6.45, 7) is 0. The quantitative estimate of drug-likeness (QED) is 0.532.